The van der Waals surface area contributed by atoms with Gasteiger partial charge in [-0.2, -0.15) is 0 Å². The zero-order chi connectivity index (χ0) is 21.3. The lowest BCUT2D eigenvalue weighted by molar-refractivity contribution is 0.145. The molecule has 0 radical (unpaired) electrons. The van der Waals surface area contributed by atoms with E-state index >= 15 is 0 Å². The summed E-state index contributed by atoms with van der Waals surface area (Å²) in [4.78, 5) is 4.82. The molecule has 0 saturated carbocycles. The maximum absolute atomic E-state index is 5.93. The van der Waals surface area contributed by atoms with Crippen LogP contribution in [-0.4, -0.2) is 63.4 Å². The van der Waals surface area contributed by atoms with E-state index in [9.17, 15) is 0 Å². The highest BCUT2D eigenvalue weighted by Gasteiger charge is 2.14. The summed E-state index contributed by atoms with van der Waals surface area (Å²) in [7, 11) is 3.31. The summed E-state index contributed by atoms with van der Waals surface area (Å²) in [6.45, 7) is 10.2. The van der Waals surface area contributed by atoms with Gasteiger partial charge >= 0.3 is 0 Å². The molecule has 1 heterocycles. The van der Waals surface area contributed by atoms with Crippen LogP contribution < -0.4 is 14.2 Å². The maximum atomic E-state index is 5.93. The minimum Gasteiger partial charge on any atom is -0.493 e. The maximum Gasteiger partial charge on any atom is 0.161 e. The Labute approximate surface area is 205 Å². The van der Waals surface area contributed by atoms with Crippen molar-refractivity contribution in [2.75, 3.05) is 53.6 Å². The summed E-state index contributed by atoms with van der Waals surface area (Å²) in [5.41, 5.74) is 2.45. The minimum atomic E-state index is 0. The monoisotopic (exact) mass is 482 g/mol. The fraction of sp³-hybridized carbons (Fsp3) is 0.440. The molecule has 3 rings (SSSR count). The summed E-state index contributed by atoms with van der Waals surface area (Å²) >= 11 is 0. The Kier molecular flexibility index (Phi) is 12.4. The SMILES string of the molecule is COc1ccc(C=CN2CCN(CCOc3ccc(C(C)C)cc3)CC2)cc1OC.Cl.Cl. The smallest absolute Gasteiger partial charge is 0.161 e. The van der Waals surface area contributed by atoms with Crippen LogP contribution in [-0.2, 0) is 0 Å². The lowest BCUT2D eigenvalue weighted by atomic mass is 10.0. The Balaban J connectivity index is 0.00000256. The Morgan fingerprint density at radius 2 is 1.53 bits per heavy atom. The van der Waals surface area contributed by atoms with Crippen molar-refractivity contribution in [1.82, 2.24) is 9.80 Å². The van der Waals surface area contributed by atoms with E-state index in [2.05, 4.69) is 60.2 Å². The summed E-state index contributed by atoms with van der Waals surface area (Å²) < 4.78 is 16.6. The number of nitrogens with zero attached hydrogens (tertiary/aromatic N) is 2. The first-order valence-electron chi connectivity index (χ1n) is 10.7. The Bertz CT molecular complexity index is 820. The molecule has 0 atom stereocenters. The van der Waals surface area contributed by atoms with Gasteiger partial charge in [0.1, 0.15) is 12.4 Å². The average molecular weight is 483 g/mol. The summed E-state index contributed by atoms with van der Waals surface area (Å²) in [6, 6.07) is 14.4. The van der Waals surface area contributed by atoms with E-state index < -0.39 is 0 Å². The molecule has 1 aliphatic rings. The fourth-order valence-electron chi connectivity index (χ4n) is 3.53. The van der Waals surface area contributed by atoms with Crippen LogP contribution in [0.4, 0.5) is 0 Å². The molecular formula is C25H36Cl2N2O3. The highest BCUT2D eigenvalue weighted by Crippen LogP contribution is 2.28. The molecule has 0 aliphatic carbocycles. The summed E-state index contributed by atoms with van der Waals surface area (Å²) in [6.07, 6.45) is 4.30. The van der Waals surface area contributed by atoms with Gasteiger partial charge in [0.05, 0.1) is 14.2 Å². The van der Waals surface area contributed by atoms with Crippen molar-refractivity contribution in [3.05, 3.63) is 59.8 Å². The van der Waals surface area contributed by atoms with Crippen LogP contribution in [0.2, 0.25) is 0 Å². The Morgan fingerprint density at radius 1 is 0.875 bits per heavy atom. The summed E-state index contributed by atoms with van der Waals surface area (Å²) in [5.74, 6) is 3.01. The quantitative estimate of drug-likeness (QED) is 0.481. The van der Waals surface area contributed by atoms with Gasteiger partial charge < -0.3 is 19.1 Å². The molecule has 0 spiro atoms. The third-order valence-corrected chi connectivity index (χ3v) is 5.52. The molecule has 1 fully saturated rings. The molecule has 2 aromatic carbocycles. The molecule has 5 nitrogen and oxygen atoms in total. The van der Waals surface area contributed by atoms with Crippen molar-refractivity contribution in [3.8, 4) is 17.2 Å². The van der Waals surface area contributed by atoms with Crippen molar-refractivity contribution >= 4 is 30.9 Å². The first kappa shape index (κ1) is 28.0. The van der Waals surface area contributed by atoms with Crippen LogP contribution in [0.15, 0.2) is 48.7 Å². The van der Waals surface area contributed by atoms with Crippen molar-refractivity contribution in [1.29, 1.82) is 0 Å². The topological polar surface area (TPSA) is 34.2 Å². The molecule has 7 heteroatoms. The largest absolute Gasteiger partial charge is 0.493 e. The predicted octanol–water partition coefficient (Wildman–Crippen LogP) is 5.34. The molecule has 0 N–H and O–H groups in total. The number of benzene rings is 2. The van der Waals surface area contributed by atoms with Gasteiger partial charge in [-0.05, 0) is 53.6 Å². The van der Waals surface area contributed by atoms with Gasteiger partial charge in [-0.25, -0.2) is 0 Å². The van der Waals surface area contributed by atoms with Crippen molar-refractivity contribution in [2.24, 2.45) is 0 Å². The number of hydrogen-bond donors (Lipinski definition) is 0. The van der Waals surface area contributed by atoms with Gasteiger partial charge in [-0.3, -0.25) is 4.90 Å². The highest BCUT2D eigenvalue weighted by molar-refractivity contribution is 5.85. The first-order valence-corrected chi connectivity index (χ1v) is 10.7. The van der Waals surface area contributed by atoms with Gasteiger partial charge in [-0.15, -0.1) is 24.8 Å². The van der Waals surface area contributed by atoms with Crippen molar-refractivity contribution in [2.45, 2.75) is 19.8 Å². The molecule has 0 amide bonds. The first-order chi connectivity index (χ1) is 14.6. The number of halogens is 2. The zero-order valence-corrected chi connectivity index (χ0v) is 21.1. The van der Waals surface area contributed by atoms with Crippen LogP contribution in [0.3, 0.4) is 0 Å². The molecule has 0 bridgehead atoms. The zero-order valence-electron chi connectivity index (χ0n) is 19.5. The van der Waals surface area contributed by atoms with E-state index in [1.165, 1.54) is 5.56 Å². The lowest BCUT2D eigenvalue weighted by Crippen LogP contribution is -2.45. The molecule has 32 heavy (non-hydrogen) atoms. The predicted molar refractivity (Wildman–Crippen MR) is 137 cm³/mol. The van der Waals surface area contributed by atoms with E-state index in [1.54, 1.807) is 14.2 Å². The fourth-order valence-corrected chi connectivity index (χ4v) is 3.53. The number of rotatable bonds is 9. The van der Waals surface area contributed by atoms with Crippen LogP contribution in [0, 0.1) is 0 Å². The average Bonchev–Trinajstić information content (AvgIpc) is 2.78. The molecule has 0 aromatic heterocycles. The normalized spacial score (nSPS) is 14.1. The van der Waals surface area contributed by atoms with Crippen LogP contribution in [0.25, 0.3) is 6.08 Å². The van der Waals surface area contributed by atoms with E-state index in [0.29, 0.717) is 5.92 Å². The van der Waals surface area contributed by atoms with Crippen molar-refractivity contribution < 1.29 is 14.2 Å². The van der Waals surface area contributed by atoms with Gasteiger partial charge in [0.2, 0.25) is 0 Å². The highest BCUT2D eigenvalue weighted by atomic mass is 35.5. The van der Waals surface area contributed by atoms with E-state index in [0.717, 1.165) is 62.1 Å². The van der Waals surface area contributed by atoms with Crippen LogP contribution in [0.5, 0.6) is 17.2 Å². The number of methoxy groups -OCH3 is 2. The van der Waals surface area contributed by atoms with E-state index in [1.807, 2.05) is 18.2 Å². The third kappa shape index (κ3) is 8.12. The van der Waals surface area contributed by atoms with Crippen molar-refractivity contribution in [3.63, 3.8) is 0 Å². The second-order valence-corrected chi connectivity index (χ2v) is 7.88. The van der Waals surface area contributed by atoms with Gasteiger partial charge in [0.15, 0.2) is 11.5 Å². The minimum absolute atomic E-state index is 0. The number of piperazine rings is 1. The molecule has 178 valence electrons. The summed E-state index contributed by atoms with van der Waals surface area (Å²) in [5, 5.41) is 0. The Hall–Kier alpha value is -2.08. The number of ether oxygens (including phenoxy) is 3. The molecule has 0 unspecified atom stereocenters. The molecular weight excluding hydrogens is 447 g/mol. The van der Waals surface area contributed by atoms with Crippen LogP contribution in [0.1, 0.15) is 30.9 Å². The second kappa shape index (κ2) is 14.1. The molecule has 2 aromatic rings. The van der Waals surface area contributed by atoms with Crippen LogP contribution >= 0.6 is 24.8 Å². The van der Waals surface area contributed by atoms with E-state index in [-0.39, 0.29) is 24.8 Å². The molecule has 1 saturated heterocycles. The van der Waals surface area contributed by atoms with Gasteiger partial charge in [0.25, 0.3) is 0 Å². The number of hydrogen-bond acceptors (Lipinski definition) is 5. The third-order valence-electron chi connectivity index (χ3n) is 5.52. The lowest BCUT2D eigenvalue weighted by Gasteiger charge is -2.34. The standard InChI is InChI=1S/C25H34N2O3.2ClH/c1-20(2)22-6-8-23(9-7-22)30-18-17-27-15-13-26(14-16-27)12-11-21-5-10-24(28-3)25(19-21)29-4;;/h5-12,19-20H,13-18H2,1-4H3;2*1H. The second-order valence-electron chi connectivity index (χ2n) is 7.88. The van der Waals surface area contributed by atoms with Gasteiger partial charge in [0, 0.05) is 32.7 Å². The molecule has 1 aliphatic heterocycles. The van der Waals surface area contributed by atoms with Gasteiger partial charge in [-0.1, -0.05) is 32.0 Å². The Morgan fingerprint density at radius 3 is 2.12 bits per heavy atom. The van der Waals surface area contributed by atoms with E-state index in [4.69, 9.17) is 14.2 Å².